The van der Waals surface area contributed by atoms with Crippen LogP contribution in [0.5, 0.6) is 11.5 Å². The minimum Gasteiger partial charge on any atom is -0.507 e. The Hall–Kier alpha value is -2.99. The van der Waals surface area contributed by atoms with E-state index in [2.05, 4.69) is 0 Å². The van der Waals surface area contributed by atoms with Crippen molar-refractivity contribution in [2.75, 3.05) is 7.11 Å². The maximum Gasteiger partial charge on any atom is 0.261 e. The minimum atomic E-state index is -1.08. The smallest absolute Gasteiger partial charge is 0.261 e. The van der Waals surface area contributed by atoms with Gasteiger partial charge in [-0.05, 0) is 53.3 Å². The largest absolute Gasteiger partial charge is 0.507 e. The van der Waals surface area contributed by atoms with Gasteiger partial charge in [-0.25, -0.2) is 0 Å². The molecule has 0 radical (unpaired) electrons. The third kappa shape index (κ3) is 4.80. The van der Waals surface area contributed by atoms with Gasteiger partial charge in [0.15, 0.2) is 6.29 Å². The molecular formula is C21H22O6. The zero-order valence-electron chi connectivity index (χ0n) is 15.5. The van der Waals surface area contributed by atoms with Crippen LogP contribution in [0, 0.1) is 13.8 Å². The lowest BCUT2D eigenvalue weighted by molar-refractivity contribution is -0.139. The Morgan fingerprint density at radius 3 is 2.00 bits per heavy atom. The highest BCUT2D eigenvalue weighted by Gasteiger charge is 2.17. The molecule has 2 aromatic carbocycles. The Morgan fingerprint density at radius 1 is 0.963 bits per heavy atom. The summed E-state index contributed by atoms with van der Waals surface area (Å²) in [4.78, 5) is 33.4. The number of benzene rings is 2. The number of phenolic OH excluding ortho intramolecular Hbond substituents is 2. The molecule has 0 fully saturated rings. The summed E-state index contributed by atoms with van der Waals surface area (Å²) >= 11 is 0. The van der Waals surface area contributed by atoms with Crippen LogP contribution < -0.4 is 0 Å². The van der Waals surface area contributed by atoms with Crippen LogP contribution in [0.3, 0.4) is 0 Å². The van der Waals surface area contributed by atoms with E-state index in [0.29, 0.717) is 34.4 Å². The summed E-state index contributed by atoms with van der Waals surface area (Å²) in [5, 5.41) is 20.8. The summed E-state index contributed by atoms with van der Waals surface area (Å²) in [6, 6.07) is 6.83. The fraction of sp³-hybridized carbons (Fsp3) is 0.286. The molecule has 142 valence electrons. The predicted molar refractivity (Wildman–Crippen MR) is 99.0 cm³/mol. The van der Waals surface area contributed by atoms with Crippen LogP contribution in [-0.2, 0) is 38.6 Å². The number of hydrogen-bond donors (Lipinski definition) is 2. The van der Waals surface area contributed by atoms with E-state index in [1.165, 1.54) is 0 Å². The quantitative estimate of drug-likeness (QED) is 0.420. The first-order chi connectivity index (χ1) is 12.8. The van der Waals surface area contributed by atoms with Crippen molar-refractivity contribution in [2.24, 2.45) is 0 Å². The molecule has 0 unspecified atom stereocenters. The standard InChI is InChI=1S/C21H22O6/c1-12-4-14(8-18(23)19(24)10-22)6-16(20(12)25)9-17-7-15(11-27-3)5-13(2)21(17)26/h4-7,10,25-26H,8-9,11H2,1-3H3. The fourth-order valence-electron chi connectivity index (χ4n) is 3.03. The summed E-state index contributed by atoms with van der Waals surface area (Å²) in [6.07, 6.45) is 0.0135. The molecule has 0 spiro atoms. The zero-order valence-corrected chi connectivity index (χ0v) is 15.5. The van der Waals surface area contributed by atoms with Crippen LogP contribution in [-0.4, -0.2) is 35.2 Å². The lowest BCUT2D eigenvalue weighted by Crippen LogP contribution is -2.17. The topological polar surface area (TPSA) is 101 Å². The van der Waals surface area contributed by atoms with Gasteiger partial charge in [-0.1, -0.05) is 18.2 Å². The van der Waals surface area contributed by atoms with Gasteiger partial charge in [-0.15, -0.1) is 0 Å². The average Bonchev–Trinajstić information content (AvgIpc) is 2.62. The molecule has 0 bridgehead atoms. The van der Waals surface area contributed by atoms with E-state index in [-0.39, 0.29) is 30.6 Å². The number of Topliss-reactive ketones (excluding diaryl/α,β-unsaturated/α-hetero) is 2. The number of aldehydes is 1. The van der Waals surface area contributed by atoms with E-state index in [0.717, 1.165) is 5.56 Å². The summed E-state index contributed by atoms with van der Waals surface area (Å²) in [7, 11) is 1.58. The monoisotopic (exact) mass is 370 g/mol. The molecule has 2 aromatic rings. The molecule has 6 nitrogen and oxygen atoms in total. The van der Waals surface area contributed by atoms with Gasteiger partial charge in [0.2, 0.25) is 5.78 Å². The van der Waals surface area contributed by atoms with Crippen molar-refractivity contribution in [1.82, 2.24) is 0 Å². The Balaban J connectivity index is 2.40. The summed E-state index contributed by atoms with van der Waals surface area (Å²) in [6.45, 7) is 3.85. The Bertz CT molecular complexity index is 898. The molecule has 0 heterocycles. The third-order valence-electron chi connectivity index (χ3n) is 4.32. The third-order valence-corrected chi connectivity index (χ3v) is 4.32. The lowest BCUT2D eigenvalue weighted by Gasteiger charge is -2.14. The van der Waals surface area contributed by atoms with E-state index in [9.17, 15) is 24.6 Å². The number of aryl methyl sites for hydroxylation is 2. The van der Waals surface area contributed by atoms with Crippen molar-refractivity contribution in [1.29, 1.82) is 0 Å². The second-order valence-electron chi connectivity index (χ2n) is 6.53. The molecule has 0 aliphatic heterocycles. The SMILES string of the molecule is COCc1cc(C)c(O)c(Cc2cc(CC(=O)C(=O)C=O)cc(C)c2O)c1. The first-order valence-electron chi connectivity index (χ1n) is 8.40. The number of carbonyl (C=O) groups is 3. The number of aromatic hydroxyl groups is 2. The lowest BCUT2D eigenvalue weighted by atomic mass is 9.94. The van der Waals surface area contributed by atoms with Gasteiger partial charge in [0.1, 0.15) is 11.5 Å². The molecular weight excluding hydrogens is 348 g/mol. The maximum absolute atomic E-state index is 11.7. The summed E-state index contributed by atoms with van der Waals surface area (Å²) in [5.74, 6) is -1.70. The normalized spacial score (nSPS) is 10.6. The number of carbonyl (C=O) groups excluding carboxylic acids is 3. The fourth-order valence-corrected chi connectivity index (χ4v) is 3.03. The Morgan fingerprint density at radius 2 is 1.48 bits per heavy atom. The second kappa shape index (κ2) is 8.60. The molecule has 6 heteroatoms. The first-order valence-corrected chi connectivity index (χ1v) is 8.40. The highest BCUT2D eigenvalue weighted by molar-refractivity contribution is 6.58. The molecule has 0 aromatic heterocycles. The molecule has 0 aliphatic carbocycles. The van der Waals surface area contributed by atoms with E-state index in [4.69, 9.17) is 4.74 Å². The molecule has 0 aliphatic rings. The molecule has 0 saturated heterocycles. The summed E-state index contributed by atoms with van der Waals surface area (Å²) < 4.78 is 5.14. The molecule has 0 atom stereocenters. The van der Waals surface area contributed by atoms with Crippen molar-refractivity contribution in [3.63, 3.8) is 0 Å². The number of hydrogen-bond acceptors (Lipinski definition) is 6. The van der Waals surface area contributed by atoms with Crippen LogP contribution in [0.15, 0.2) is 24.3 Å². The van der Waals surface area contributed by atoms with Crippen molar-refractivity contribution in [2.45, 2.75) is 33.3 Å². The molecule has 27 heavy (non-hydrogen) atoms. The highest BCUT2D eigenvalue weighted by Crippen LogP contribution is 2.31. The number of rotatable bonds is 8. The van der Waals surface area contributed by atoms with Crippen LogP contribution in [0.2, 0.25) is 0 Å². The average molecular weight is 370 g/mol. The van der Waals surface area contributed by atoms with Gasteiger partial charge in [-0.2, -0.15) is 0 Å². The number of methoxy groups -OCH3 is 1. The minimum absolute atomic E-state index is 0.00136. The Labute approximate surface area is 157 Å². The van der Waals surface area contributed by atoms with Gasteiger partial charge in [0.25, 0.3) is 5.78 Å². The van der Waals surface area contributed by atoms with E-state index in [1.54, 1.807) is 39.2 Å². The zero-order chi connectivity index (χ0) is 20.1. The van der Waals surface area contributed by atoms with Crippen LogP contribution in [0.1, 0.15) is 33.4 Å². The maximum atomic E-state index is 11.7. The molecule has 0 saturated carbocycles. The van der Waals surface area contributed by atoms with Crippen molar-refractivity contribution < 1.29 is 29.3 Å². The molecule has 2 rings (SSSR count). The van der Waals surface area contributed by atoms with Crippen LogP contribution in [0.25, 0.3) is 0 Å². The van der Waals surface area contributed by atoms with Crippen LogP contribution >= 0.6 is 0 Å². The van der Waals surface area contributed by atoms with Gasteiger partial charge < -0.3 is 14.9 Å². The van der Waals surface area contributed by atoms with Gasteiger partial charge in [-0.3, -0.25) is 14.4 Å². The molecule has 2 N–H and O–H groups in total. The van der Waals surface area contributed by atoms with Gasteiger partial charge in [0, 0.05) is 20.0 Å². The van der Waals surface area contributed by atoms with Crippen LogP contribution in [0.4, 0.5) is 0 Å². The van der Waals surface area contributed by atoms with Crippen molar-refractivity contribution in [3.05, 3.63) is 57.6 Å². The molecule has 0 amide bonds. The number of phenols is 2. The van der Waals surface area contributed by atoms with E-state index >= 15 is 0 Å². The van der Waals surface area contributed by atoms with E-state index in [1.807, 2.05) is 6.07 Å². The number of ketones is 2. The van der Waals surface area contributed by atoms with Gasteiger partial charge >= 0.3 is 0 Å². The van der Waals surface area contributed by atoms with Crippen molar-refractivity contribution in [3.8, 4) is 11.5 Å². The number of ether oxygens (including phenoxy) is 1. The second-order valence-corrected chi connectivity index (χ2v) is 6.53. The Kier molecular flexibility index (Phi) is 6.47. The predicted octanol–water partition coefficient (Wildman–Crippen LogP) is 2.33. The van der Waals surface area contributed by atoms with Gasteiger partial charge in [0.05, 0.1) is 6.61 Å². The van der Waals surface area contributed by atoms with Crippen molar-refractivity contribution >= 4 is 17.9 Å². The van der Waals surface area contributed by atoms with E-state index < -0.39 is 11.6 Å². The summed E-state index contributed by atoms with van der Waals surface area (Å²) in [5.41, 5.74) is 3.77. The first kappa shape index (κ1) is 20.3. The highest BCUT2D eigenvalue weighted by atomic mass is 16.5.